The van der Waals surface area contributed by atoms with Crippen LogP contribution in [0, 0.1) is 0 Å². The molecule has 0 saturated carbocycles. The molecule has 0 aromatic rings. The lowest BCUT2D eigenvalue weighted by molar-refractivity contribution is -0.167. The lowest BCUT2D eigenvalue weighted by atomic mass is 10.0. The zero-order valence-corrected chi connectivity index (χ0v) is 34.4. The van der Waals surface area contributed by atoms with Crippen molar-refractivity contribution < 1.29 is 28.6 Å². The van der Waals surface area contributed by atoms with Crippen LogP contribution in [0.4, 0.5) is 0 Å². The second kappa shape index (κ2) is 41.2. The van der Waals surface area contributed by atoms with Crippen LogP contribution in [0.3, 0.4) is 0 Å². The minimum atomic E-state index is -0.757. The summed E-state index contributed by atoms with van der Waals surface area (Å²) in [7, 11) is 0. The van der Waals surface area contributed by atoms with Crippen LogP contribution in [-0.4, -0.2) is 37.2 Å². The molecule has 0 aromatic heterocycles. The van der Waals surface area contributed by atoms with Gasteiger partial charge in [-0.3, -0.25) is 14.4 Å². The smallest absolute Gasteiger partial charge is 0.306 e. The Hall–Kier alpha value is -1.59. The van der Waals surface area contributed by atoms with Crippen molar-refractivity contribution in [3.8, 4) is 0 Å². The third kappa shape index (κ3) is 39.5. The summed E-state index contributed by atoms with van der Waals surface area (Å²) in [6.45, 7) is 6.62. The third-order valence-corrected chi connectivity index (χ3v) is 10.1. The number of hydrogen-bond acceptors (Lipinski definition) is 6. The van der Waals surface area contributed by atoms with E-state index in [0.717, 1.165) is 57.8 Å². The molecular weight excluding hydrogens is 636 g/mol. The standard InChI is InChI=1S/C45H86O6/c1-4-7-10-13-16-19-21-22-24-26-29-32-35-38-44(47)50-41-42(40-49-43(46)37-34-31-28-25-18-15-12-9-6-3)51-45(48)39-36-33-30-27-23-20-17-14-11-8-5-2/h42H,4-41H2,1-3H3. The summed E-state index contributed by atoms with van der Waals surface area (Å²) < 4.78 is 16.7. The van der Waals surface area contributed by atoms with E-state index >= 15 is 0 Å². The highest BCUT2D eigenvalue weighted by Gasteiger charge is 2.19. The van der Waals surface area contributed by atoms with Crippen LogP contribution in [0.15, 0.2) is 0 Å². The first-order chi connectivity index (χ1) is 25.0. The van der Waals surface area contributed by atoms with E-state index in [4.69, 9.17) is 14.2 Å². The van der Waals surface area contributed by atoms with Gasteiger partial charge in [0.05, 0.1) is 0 Å². The fourth-order valence-corrected chi connectivity index (χ4v) is 6.68. The molecule has 0 N–H and O–H groups in total. The first kappa shape index (κ1) is 49.4. The summed E-state index contributed by atoms with van der Waals surface area (Å²) in [5.41, 5.74) is 0. The molecule has 0 aromatic carbocycles. The van der Waals surface area contributed by atoms with E-state index < -0.39 is 6.10 Å². The van der Waals surface area contributed by atoms with Crippen LogP contribution in [0.1, 0.15) is 252 Å². The van der Waals surface area contributed by atoms with Gasteiger partial charge in [-0.2, -0.15) is 0 Å². The van der Waals surface area contributed by atoms with Gasteiger partial charge in [-0.25, -0.2) is 0 Å². The highest BCUT2D eigenvalue weighted by Crippen LogP contribution is 2.15. The zero-order chi connectivity index (χ0) is 37.3. The number of hydrogen-bond donors (Lipinski definition) is 0. The van der Waals surface area contributed by atoms with Gasteiger partial charge >= 0.3 is 17.9 Å². The van der Waals surface area contributed by atoms with Gasteiger partial charge in [0.2, 0.25) is 0 Å². The Labute approximate surface area is 317 Å². The van der Waals surface area contributed by atoms with Crippen LogP contribution in [0.5, 0.6) is 0 Å². The second-order valence-electron chi connectivity index (χ2n) is 15.3. The molecule has 0 fully saturated rings. The summed E-state index contributed by atoms with van der Waals surface area (Å²) >= 11 is 0. The van der Waals surface area contributed by atoms with Crippen LogP contribution < -0.4 is 0 Å². The topological polar surface area (TPSA) is 78.9 Å². The molecule has 1 atom stereocenters. The lowest BCUT2D eigenvalue weighted by Crippen LogP contribution is -2.30. The molecular formula is C45H86O6. The van der Waals surface area contributed by atoms with E-state index in [-0.39, 0.29) is 31.1 Å². The molecule has 0 spiro atoms. The lowest BCUT2D eigenvalue weighted by Gasteiger charge is -2.18. The van der Waals surface area contributed by atoms with E-state index in [1.807, 2.05) is 0 Å². The fourth-order valence-electron chi connectivity index (χ4n) is 6.68. The van der Waals surface area contributed by atoms with Crippen molar-refractivity contribution in [3.05, 3.63) is 0 Å². The highest BCUT2D eigenvalue weighted by molar-refractivity contribution is 5.71. The zero-order valence-electron chi connectivity index (χ0n) is 34.4. The Balaban J connectivity index is 4.30. The molecule has 6 heteroatoms. The number of carbonyl (C=O) groups is 3. The molecule has 0 aliphatic carbocycles. The van der Waals surface area contributed by atoms with Crippen molar-refractivity contribution in [2.45, 2.75) is 258 Å². The van der Waals surface area contributed by atoms with Crippen LogP contribution >= 0.6 is 0 Å². The van der Waals surface area contributed by atoms with Crippen molar-refractivity contribution in [2.75, 3.05) is 13.2 Å². The maximum absolute atomic E-state index is 12.7. The quantitative estimate of drug-likeness (QED) is 0.0355. The average Bonchev–Trinajstić information content (AvgIpc) is 3.12. The fraction of sp³-hybridized carbons (Fsp3) is 0.933. The van der Waals surface area contributed by atoms with Gasteiger partial charge in [0.15, 0.2) is 6.10 Å². The van der Waals surface area contributed by atoms with Gasteiger partial charge < -0.3 is 14.2 Å². The molecule has 0 radical (unpaired) electrons. The highest BCUT2D eigenvalue weighted by atomic mass is 16.6. The number of carbonyl (C=O) groups excluding carboxylic acids is 3. The van der Waals surface area contributed by atoms with Crippen molar-refractivity contribution in [2.24, 2.45) is 0 Å². The molecule has 0 rings (SSSR count). The largest absolute Gasteiger partial charge is 0.462 e. The molecule has 0 amide bonds. The Morgan fingerprint density at radius 2 is 0.529 bits per heavy atom. The van der Waals surface area contributed by atoms with Crippen LogP contribution in [0.25, 0.3) is 0 Å². The van der Waals surface area contributed by atoms with Gasteiger partial charge in [-0.05, 0) is 19.3 Å². The summed E-state index contributed by atoms with van der Waals surface area (Å²) in [5.74, 6) is -0.855. The van der Waals surface area contributed by atoms with Gasteiger partial charge in [-0.1, -0.05) is 213 Å². The molecule has 0 aliphatic heterocycles. The van der Waals surface area contributed by atoms with E-state index in [0.29, 0.717) is 19.3 Å². The molecule has 0 saturated heterocycles. The number of ether oxygens (including phenoxy) is 3. The molecule has 1 unspecified atom stereocenters. The van der Waals surface area contributed by atoms with E-state index in [9.17, 15) is 14.4 Å². The Morgan fingerprint density at radius 1 is 0.314 bits per heavy atom. The molecule has 302 valence electrons. The minimum Gasteiger partial charge on any atom is -0.462 e. The predicted molar refractivity (Wildman–Crippen MR) is 215 cm³/mol. The first-order valence-corrected chi connectivity index (χ1v) is 22.5. The molecule has 0 heterocycles. The molecule has 0 bridgehead atoms. The monoisotopic (exact) mass is 723 g/mol. The Bertz CT molecular complexity index is 753. The maximum atomic E-state index is 12.7. The number of esters is 3. The summed E-state index contributed by atoms with van der Waals surface area (Å²) in [4.78, 5) is 37.6. The molecule has 6 nitrogen and oxygen atoms in total. The molecule has 51 heavy (non-hydrogen) atoms. The van der Waals surface area contributed by atoms with E-state index in [2.05, 4.69) is 20.8 Å². The third-order valence-electron chi connectivity index (χ3n) is 10.1. The molecule has 0 aliphatic rings. The maximum Gasteiger partial charge on any atom is 0.306 e. The average molecular weight is 723 g/mol. The predicted octanol–water partition coefficient (Wildman–Crippen LogP) is 14.1. The summed E-state index contributed by atoms with van der Waals surface area (Å²) in [6.07, 6.45) is 40.8. The van der Waals surface area contributed by atoms with Crippen molar-refractivity contribution in [1.29, 1.82) is 0 Å². The minimum absolute atomic E-state index is 0.0629. The SMILES string of the molecule is CCCCCCCCCCCCCCCC(=O)OCC(COC(=O)CCCCCCCCCCC)OC(=O)CCCCCCCCCCCCC. The van der Waals surface area contributed by atoms with Crippen molar-refractivity contribution >= 4 is 17.9 Å². The normalized spacial score (nSPS) is 11.8. The number of unbranched alkanes of at least 4 members (excludes halogenated alkanes) is 30. The van der Waals surface area contributed by atoms with E-state index in [1.165, 1.54) is 154 Å². The van der Waals surface area contributed by atoms with Crippen LogP contribution in [-0.2, 0) is 28.6 Å². The van der Waals surface area contributed by atoms with E-state index in [1.54, 1.807) is 0 Å². The van der Waals surface area contributed by atoms with Gasteiger partial charge in [0.25, 0.3) is 0 Å². The Kier molecular flexibility index (Phi) is 39.9. The van der Waals surface area contributed by atoms with Gasteiger partial charge in [-0.15, -0.1) is 0 Å². The Morgan fingerprint density at radius 3 is 0.784 bits per heavy atom. The van der Waals surface area contributed by atoms with Crippen molar-refractivity contribution in [1.82, 2.24) is 0 Å². The number of rotatable bonds is 41. The van der Waals surface area contributed by atoms with Crippen molar-refractivity contribution in [3.63, 3.8) is 0 Å². The van der Waals surface area contributed by atoms with Gasteiger partial charge in [0, 0.05) is 19.3 Å². The second-order valence-corrected chi connectivity index (χ2v) is 15.3. The summed E-state index contributed by atoms with van der Waals surface area (Å²) in [5, 5.41) is 0. The van der Waals surface area contributed by atoms with Gasteiger partial charge in [0.1, 0.15) is 13.2 Å². The van der Waals surface area contributed by atoms with Crippen LogP contribution in [0.2, 0.25) is 0 Å². The summed E-state index contributed by atoms with van der Waals surface area (Å²) in [6, 6.07) is 0. The first-order valence-electron chi connectivity index (χ1n) is 22.5.